The van der Waals surface area contributed by atoms with E-state index in [2.05, 4.69) is 50.3 Å². The first kappa shape index (κ1) is 58.1. The van der Waals surface area contributed by atoms with E-state index < -0.39 is 6.10 Å². The molecule has 0 rings (SSSR count). The molecule has 0 aromatic rings. The summed E-state index contributed by atoms with van der Waals surface area (Å²) in [4.78, 5) is 24.4. The third-order valence-corrected chi connectivity index (χ3v) is 11.9. The van der Waals surface area contributed by atoms with Gasteiger partial charge in [-0.1, -0.05) is 237 Å². The van der Waals surface area contributed by atoms with Gasteiger partial charge in [0.15, 0.2) is 6.10 Å². The summed E-state index contributed by atoms with van der Waals surface area (Å²) in [6.07, 6.45) is 65.4. The Morgan fingerprint density at radius 1 is 0.383 bits per heavy atom. The molecule has 0 aliphatic rings. The number of allylic oxidation sites excluding steroid dienone is 6. The van der Waals surface area contributed by atoms with Crippen LogP contribution >= 0.6 is 0 Å². The predicted octanol–water partition coefficient (Wildman–Crippen LogP) is 17.5. The van der Waals surface area contributed by atoms with E-state index in [1.165, 1.54) is 205 Å². The average molecular weight is 843 g/mol. The number of esters is 2. The normalized spacial score (nSPS) is 12.4. The zero-order valence-electron chi connectivity index (χ0n) is 40.2. The topological polar surface area (TPSA) is 72.8 Å². The lowest BCUT2D eigenvalue weighted by Gasteiger charge is -2.15. The Hall–Kier alpha value is -1.88. The fourth-order valence-corrected chi connectivity index (χ4v) is 7.88. The summed E-state index contributed by atoms with van der Waals surface area (Å²) in [5.41, 5.74) is 0. The standard InChI is InChI=1S/C55H102O5/c1-3-5-7-9-11-13-15-17-19-21-22-23-24-25-26-27-28-29-30-31-32-34-35-37-39-41-43-45-47-49-54(57)59-52-53(51-56)60-55(58)50-48-46-44-42-40-38-36-33-20-18-16-14-12-10-8-6-4-2/h12,14,18,20-22,53,56H,3-11,13,15-17,19,23-52H2,1-2H3/b14-12-,20-18-,22-21-. The third kappa shape index (κ3) is 48.8. The van der Waals surface area contributed by atoms with Crippen molar-refractivity contribution in [3.63, 3.8) is 0 Å². The van der Waals surface area contributed by atoms with Crippen LogP contribution in [0.3, 0.4) is 0 Å². The van der Waals surface area contributed by atoms with Crippen LogP contribution < -0.4 is 0 Å². The molecular weight excluding hydrogens is 741 g/mol. The first-order chi connectivity index (χ1) is 29.6. The van der Waals surface area contributed by atoms with Crippen molar-refractivity contribution in [3.8, 4) is 0 Å². The Morgan fingerprint density at radius 3 is 1.03 bits per heavy atom. The van der Waals surface area contributed by atoms with Crippen LogP contribution in [-0.4, -0.2) is 36.4 Å². The zero-order valence-corrected chi connectivity index (χ0v) is 40.2. The smallest absolute Gasteiger partial charge is 0.306 e. The van der Waals surface area contributed by atoms with Gasteiger partial charge in [0.1, 0.15) is 6.61 Å². The Morgan fingerprint density at radius 2 is 0.667 bits per heavy atom. The lowest BCUT2D eigenvalue weighted by Crippen LogP contribution is -2.28. The number of rotatable bonds is 49. The van der Waals surface area contributed by atoms with Crippen LogP contribution in [0, 0.1) is 0 Å². The highest BCUT2D eigenvalue weighted by molar-refractivity contribution is 5.70. The van der Waals surface area contributed by atoms with E-state index in [4.69, 9.17) is 9.47 Å². The molecule has 0 saturated carbocycles. The molecule has 5 heteroatoms. The molecule has 0 spiro atoms. The Labute approximate surface area is 374 Å². The SMILES string of the molecule is CCCCC/C=C\C/C=C\CCCCCCCCCC(=O)OC(CO)COC(=O)CCCCCCCCCCCCCCCCCCC/C=C\CCCCCCCCCC. The number of ether oxygens (including phenoxy) is 2. The van der Waals surface area contributed by atoms with E-state index in [1.807, 2.05) is 0 Å². The summed E-state index contributed by atoms with van der Waals surface area (Å²) < 4.78 is 10.7. The van der Waals surface area contributed by atoms with Gasteiger partial charge in [-0.05, 0) is 70.6 Å². The van der Waals surface area contributed by atoms with Crippen molar-refractivity contribution in [1.29, 1.82) is 0 Å². The van der Waals surface area contributed by atoms with Gasteiger partial charge in [0.2, 0.25) is 0 Å². The minimum absolute atomic E-state index is 0.0657. The van der Waals surface area contributed by atoms with Gasteiger partial charge in [0.05, 0.1) is 6.61 Å². The molecule has 60 heavy (non-hydrogen) atoms. The number of carbonyl (C=O) groups excluding carboxylic acids is 2. The lowest BCUT2D eigenvalue weighted by molar-refractivity contribution is -0.161. The molecule has 0 aromatic heterocycles. The second kappa shape index (κ2) is 51.5. The number of carbonyl (C=O) groups is 2. The quantitative estimate of drug-likeness (QED) is 0.0375. The van der Waals surface area contributed by atoms with Crippen molar-refractivity contribution in [1.82, 2.24) is 0 Å². The first-order valence-corrected chi connectivity index (χ1v) is 26.5. The molecule has 0 aromatic carbocycles. The van der Waals surface area contributed by atoms with E-state index >= 15 is 0 Å². The number of aliphatic hydroxyl groups is 1. The van der Waals surface area contributed by atoms with Crippen molar-refractivity contribution < 1.29 is 24.2 Å². The van der Waals surface area contributed by atoms with Crippen molar-refractivity contribution >= 4 is 11.9 Å². The average Bonchev–Trinajstić information content (AvgIpc) is 3.25. The molecule has 0 radical (unpaired) electrons. The minimum atomic E-state index is -0.774. The van der Waals surface area contributed by atoms with Crippen LogP contribution in [0.2, 0.25) is 0 Å². The van der Waals surface area contributed by atoms with E-state index in [0.717, 1.165) is 51.4 Å². The van der Waals surface area contributed by atoms with Crippen LogP contribution in [0.1, 0.15) is 284 Å². The molecule has 0 aliphatic carbocycles. The van der Waals surface area contributed by atoms with Gasteiger partial charge in [-0.25, -0.2) is 0 Å². The molecule has 5 nitrogen and oxygen atoms in total. The maximum Gasteiger partial charge on any atom is 0.306 e. The molecule has 1 unspecified atom stereocenters. The summed E-state index contributed by atoms with van der Waals surface area (Å²) in [7, 11) is 0. The second-order valence-electron chi connectivity index (χ2n) is 17.9. The third-order valence-electron chi connectivity index (χ3n) is 11.9. The fourth-order valence-electron chi connectivity index (χ4n) is 7.88. The predicted molar refractivity (Wildman–Crippen MR) is 261 cm³/mol. The van der Waals surface area contributed by atoms with Crippen LogP contribution in [0.15, 0.2) is 36.5 Å². The van der Waals surface area contributed by atoms with Crippen LogP contribution in [0.25, 0.3) is 0 Å². The van der Waals surface area contributed by atoms with E-state index in [-0.39, 0.29) is 25.2 Å². The van der Waals surface area contributed by atoms with Gasteiger partial charge >= 0.3 is 11.9 Å². The number of hydrogen-bond acceptors (Lipinski definition) is 5. The molecule has 0 aliphatic heterocycles. The van der Waals surface area contributed by atoms with E-state index in [0.29, 0.717) is 12.8 Å². The summed E-state index contributed by atoms with van der Waals surface area (Å²) in [5.74, 6) is -0.587. The highest BCUT2D eigenvalue weighted by Gasteiger charge is 2.16. The largest absolute Gasteiger partial charge is 0.462 e. The van der Waals surface area contributed by atoms with Gasteiger partial charge in [0.25, 0.3) is 0 Å². The van der Waals surface area contributed by atoms with Crippen LogP contribution in [0.5, 0.6) is 0 Å². The molecule has 0 fully saturated rings. The molecule has 1 atom stereocenters. The summed E-state index contributed by atoms with van der Waals surface area (Å²) in [6, 6.07) is 0. The van der Waals surface area contributed by atoms with E-state index in [1.54, 1.807) is 0 Å². The molecule has 0 saturated heterocycles. The van der Waals surface area contributed by atoms with Crippen molar-refractivity contribution in [2.45, 2.75) is 290 Å². The first-order valence-electron chi connectivity index (χ1n) is 26.5. The summed E-state index contributed by atoms with van der Waals surface area (Å²) in [5, 5.41) is 9.62. The molecule has 0 heterocycles. The maximum absolute atomic E-state index is 12.2. The van der Waals surface area contributed by atoms with Crippen LogP contribution in [-0.2, 0) is 19.1 Å². The second-order valence-corrected chi connectivity index (χ2v) is 17.9. The minimum Gasteiger partial charge on any atom is -0.462 e. The van der Waals surface area contributed by atoms with Crippen molar-refractivity contribution in [2.24, 2.45) is 0 Å². The summed E-state index contributed by atoms with van der Waals surface area (Å²) in [6.45, 7) is 4.14. The van der Waals surface area contributed by atoms with Gasteiger partial charge in [-0.2, -0.15) is 0 Å². The van der Waals surface area contributed by atoms with E-state index in [9.17, 15) is 14.7 Å². The van der Waals surface area contributed by atoms with Gasteiger partial charge in [0, 0.05) is 12.8 Å². The zero-order chi connectivity index (χ0) is 43.5. The van der Waals surface area contributed by atoms with Crippen molar-refractivity contribution in [3.05, 3.63) is 36.5 Å². The monoisotopic (exact) mass is 843 g/mol. The lowest BCUT2D eigenvalue weighted by atomic mass is 10.0. The molecule has 352 valence electrons. The Balaban J connectivity index is 3.44. The number of unbranched alkanes of at least 4 members (excludes halogenated alkanes) is 35. The Bertz CT molecular complexity index is 955. The molecule has 1 N–H and O–H groups in total. The Kier molecular flexibility index (Phi) is 49.9. The molecule has 0 amide bonds. The van der Waals surface area contributed by atoms with Crippen molar-refractivity contribution in [2.75, 3.05) is 13.2 Å². The number of aliphatic hydroxyl groups excluding tert-OH is 1. The number of hydrogen-bond donors (Lipinski definition) is 1. The van der Waals surface area contributed by atoms with Gasteiger partial charge < -0.3 is 14.6 Å². The molecule has 0 bridgehead atoms. The highest BCUT2D eigenvalue weighted by atomic mass is 16.6. The maximum atomic E-state index is 12.2. The van der Waals surface area contributed by atoms with Crippen LogP contribution in [0.4, 0.5) is 0 Å². The highest BCUT2D eigenvalue weighted by Crippen LogP contribution is 2.16. The van der Waals surface area contributed by atoms with Gasteiger partial charge in [-0.3, -0.25) is 9.59 Å². The summed E-state index contributed by atoms with van der Waals surface area (Å²) >= 11 is 0. The van der Waals surface area contributed by atoms with Gasteiger partial charge in [-0.15, -0.1) is 0 Å². The fraction of sp³-hybridized carbons (Fsp3) is 0.855. The molecular formula is C55H102O5.